The fourth-order valence-corrected chi connectivity index (χ4v) is 5.28. The minimum absolute atomic E-state index is 0.0108. The molecule has 0 saturated carbocycles. The van der Waals surface area contributed by atoms with Gasteiger partial charge in [-0.2, -0.15) is 52.7 Å². The third-order valence-corrected chi connectivity index (χ3v) is 10.9. The van der Waals surface area contributed by atoms with Gasteiger partial charge in [0, 0.05) is 12.1 Å². The number of hydrogen-bond donors (Lipinski definition) is 0. The highest BCUT2D eigenvalue weighted by Gasteiger charge is 2.60. The van der Waals surface area contributed by atoms with E-state index in [1.54, 1.807) is 27.7 Å². The van der Waals surface area contributed by atoms with Gasteiger partial charge in [0.1, 0.15) is 22.7 Å². The molecule has 0 rings (SSSR count). The predicted molar refractivity (Wildman–Crippen MR) is 226 cm³/mol. The van der Waals surface area contributed by atoms with Crippen molar-refractivity contribution in [3.63, 3.8) is 0 Å². The topological polar surface area (TPSA) is 99.2 Å². The average molecular weight is 974 g/mol. The van der Waals surface area contributed by atoms with Crippen molar-refractivity contribution in [3.05, 3.63) is 0 Å². The van der Waals surface area contributed by atoms with Crippen LogP contribution in [0.3, 0.4) is 0 Å². The summed E-state index contributed by atoms with van der Waals surface area (Å²) >= 11 is 0. The van der Waals surface area contributed by atoms with Gasteiger partial charge in [-0.05, 0) is 134 Å². The Hall–Kier alpha value is -2.96. The summed E-state index contributed by atoms with van der Waals surface area (Å²) in [7, 11) is 0. The molecule has 0 aromatic rings. The number of alkyl halides is 12. The number of carbonyl (C=O) groups excluding carboxylic acids is 4. The second-order valence-corrected chi connectivity index (χ2v) is 20.0. The van der Waals surface area contributed by atoms with Crippen LogP contribution in [0.15, 0.2) is 0 Å². The van der Waals surface area contributed by atoms with Gasteiger partial charge in [0.25, 0.3) is 0 Å². The summed E-state index contributed by atoms with van der Waals surface area (Å²) in [5.74, 6) is -4.47. The first-order valence-corrected chi connectivity index (χ1v) is 21.6. The molecule has 1 amide bonds. The third-order valence-electron chi connectivity index (χ3n) is 10.9. The number of halogens is 12. The molecular weight excluding hydrogens is 894 g/mol. The summed E-state index contributed by atoms with van der Waals surface area (Å²) in [4.78, 5) is 48.1. The van der Waals surface area contributed by atoms with Gasteiger partial charge in [-0.3, -0.25) is 19.2 Å². The molecule has 0 radical (unpaired) electrons. The quantitative estimate of drug-likeness (QED) is 0.103. The van der Waals surface area contributed by atoms with Crippen LogP contribution in [0.4, 0.5) is 52.7 Å². The van der Waals surface area contributed by atoms with Crippen molar-refractivity contribution in [2.24, 2.45) is 33.5 Å². The molecule has 4 atom stereocenters. The smallest absolute Gasteiger partial charge is 0.404 e. The summed E-state index contributed by atoms with van der Waals surface area (Å²) in [5.41, 5.74) is -11.4. The van der Waals surface area contributed by atoms with Gasteiger partial charge in [0.05, 0.1) is 0 Å². The number of nitrogens with zero attached hydrogens (tertiary/aromatic N) is 1. The van der Waals surface area contributed by atoms with Gasteiger partial charge in [-0.25, -0.2) is 0 Å². The van der Waals surface area contributed by atoms with Crippen molar-refractivity contribution in [3.8, 4) is 0 Å². The Balaban J connectivity index is -0.000000383. The highest BCUT2D eigenvalue weighted by Crippen LogP contribution is 2.45. The maximum atomic E-state index is 13.0. The molecule has 4 unspecified atom stereocenters. The van der Waals surface area contributed by atoms with E-state index < -0.39 is 87.5 Å². The molecule has 65 heavy (non-hydrogen) atoms. The molecule has 0 aliphatic heterocycles. The molecule has 0 aliphatic rings. The maximum absolute atomic E-state index is 13.0. The Bertz CT molecular complexity index is 1410. The van der Waals surface area contributed by atoms with Gasteiger partial charge in [0.15, 0.2) is 16.2 Å². The number of ether oxygens (including phenoxy) is 3. The first kappa shape index (κ1) is 68.6. The van der Waals surface area contributed by atoms with Crippen LogP contribution in [0.5, 0.6) is 0 Å². The fourth-order valence-electron chi connectivity index (χ4n) is 5.28. The van der Waals surface area contributed by atoms with E-state index in [0.29, 0.717) is 0 Å². The van der Waals surface area contributed by atoms with Gasteiger partial charge in [-0.1, -0.05) is 55.4 Å². The standard InChI is InChI=1S/C13H23F3O2.C12H22F3NO.2C10H17F3O2/c1-7-12(6,13(14,15)16)11(17)18-10(8(2)3)9(4)5;1-7-11(6,12(13,14)15)10(17)16(8(2)3)9(4)5;2*1-6-9(5,10(11,12)13)7(14)15-8(2,3)4/h8-10H,7H2,1-6H3;8-9H,7H2,1-6H3;2*6H2,1-5H3. The van der Waals surface area contributed by atoms with Crippen molar-refractivity contribution in [2.75, 3.05) is 0 Å². The van der Waals surface area contributed by atoms with E-state index in [-0.39, 0.29) is 49.6 Å². The number of esters is 3. The number of hydrogen-bond acceptors (Lipinski definition) is 7. The zero-order valence-electron chi connectivity index (χ0n) is 42.6. The Morgan fingerprint density at radius 1 is 0.400 bits per heavy atom. The minimum atomic E-state index is -4.59. The number of amides is 1. The zero-order chi connectivity index (χ0) is 53.7. The van der Waals surface area contributed by atoms with Crippen LogP contribution in [-0.2, 0) is 33.4 Å². The van der Waals surface area contributed by atoms with Gasteiger partial charge in [-0.15, -0.1) is 0 Å². The van der Waals surface area contributed by atoms with Crippen molar-refractivity contribution in [1.29, 1.82) is 0 Å². The highest BCUT2D eigenvalue weighted by atomic mass is 19.4. The third kappa shape index (κ3) is 20.0. The Kier molecular flexibility index (Phi) is 26.3. The molecule has 0 saturated heterocycles. The van der Waals surface area contributed by atoms with E-state index in [1.807, 2.05) is 27.7 Å². The molecule has 0 bridgehead atoms. The maximum Gasteiger partial charge on any atom is 0.404 e. The largest absolute Gasteiger partial charge is 0.461 e. The Labute approximate surface area is 380 Å². The van der Waals surface area contributed by atoms with Gasteiger partial charge in [0.2, 0.25) is 5.91 Å². The molecule has 390 valence electrons. The van der Waals surface area contributed by atoms with Crippen LogP contribution in [0.2, 0.25) is 0 Å². The monoisotopic (exact) mass is 974 g/mol. The molecule has 0 spiro atoms. The van der Waals surface area contributed by atoms with Crippen molar-refractivity contribution in [1.82, 2.24) is 4.90 Å². The molecule has 0 aromatic carbocycles. The summed E-state index contributed by atoms with van der Waals surface area (Å²) in [6, 6.07) is -0.480. The summed E-state index contributed by atoms with van der Waals surface area (Å²) < 4.78 is 168. The van der Waals surface area contributed by atoms with Crippen molar-refractivity contribution >= 4 is 23.8 Å². The van der Waals surface area contributed by atoms with E-state index in [1.165, 1.54) is 74.1 Å². The molecule has 20 heteroatoms. The lowest BCUT2D eigenvalue weighted by Gasteiger charge is -2.39. The van der Waals surface area contributed by atoms with E-state index in [9.17, 15) is 71.9 Å². The number of carbonyl (C=O) groups is 4. The molecule has 0 aromatic heterocycles. The first-order chi connectivity index (χ1) is 28.3. The summed E-state index contributed by atoms with van der Waals surface area (Å²) in [6.07, 6.45) is -20.0. The second-order valence-electron chi connectivity index (χ2n) is 20.0. The van der Waals surface area contributed by atoms with Gasteiger partial charge >= 0.3 is 42.6 Å². The number of rotatable bonds is 13. The normalized spacial score (nSPS) is 16.6. The second kappa shape index (κ2) is 24.9. The van der Waals surface area contributed by atoms with Crippen LogP contribution in [0.25, 0.3) is 0 Å². The van der Waals surface area contributed by atoms with E-state index in [2.05, 4.69) is 0 Å². The lowest BCUT2D eigenvalue weighted by molar-refractivity contribution is -0.237. The molecule has 0 fully saturated rings. The molecule has 8 nitrogen and oxygen atoms in total. The van der Waals surface area contributed by atoms with Crippen LogP contribution >= 0.6 is 0 Å². The van der Waals surface area contributed by atoms with E-state index >= 15 is 0 Å². The summed E-state index contributed by atoms with van der Waals surface area (Å²) in [5, 5.41) is 0. The zero-order valence-corrected chi connectivity index (χ0v) is 42.6. The predicted octanol–water partition coefficient (Wildman–Crippen LogP) is 14.4. The highest BCUT2D eigenvalue weighted by molar-refractivity contribution is 5.84. The fraction of sp³-hybridized carbons (Fsp3) is 0.911. The Morgan fingerprint density at radius 3 is 0.769 bits per heavy atom. The SMILES string of the molecule is CCC(C)(C(=O)N(C(C)C)C(C)C)C(F)(F)F.CCC(C)(C(=O)OC(C(C)C)C(C)C)C(F)(F)F.CCC(C)(C(=O)OC(C)(C)C)C(F)(F)F.CCC(C)(C(=O)OC(C)(C)C)C(F)(F)F. The van der Waals surface area contributed by atoms with Crippen LogP contribution < -0.4 is 0 Å². The summed E-state index contributed by atoms with van der Waals surface area (Å²) in [6.45, 7) is 32.4. The molecule has 0 aliphatic carbocycles. The van der Waals surface area contributed by atoms with Crippen LogP contribution in [0.1, 0.15) is 178 Å². The van der Waals surface area contributed by atoms with E-state index in [4.69, 9.17) is 14.2 Å². The minimum Gasteiger partial charge on any atom is -0.461 e. The molecule has 0 heterocycles. The van der Waals surface area contributed by atoms with Gasteiger partial charge < -0.3 is 19.1 Å². The lowest BCUT2D eigenvalue weighted by Crippen LogP contribution is -2.54. The average Bonchev–Trinajstić information content (AvgIpc) is 3.08. The van der Waals surface area contributed by atoms with Crippen molar-refractivity contribution < 1.29 is 86.1 Å². The van der Waals surface area contributed by atoms with Crippen molar-refractivity contribution in [2.45, 2.75) is 232 Å². The van der Waals surface area contributed by atoms with Crippen LogP contribution in [0, 0.1) is 33.5 Å². The molecular formula is C45H79F12NO7. The van der Waals surface area contributed by atoms with Crippen LogP contribution in [-0.4, -0.2) is 82.8 Å². The van der Waals surface area contributed by atoms with E-state index in [0.717, 1.165) is 27.7 Å². The lowest BCUT2D eigenvalue weighted by atomic mass is 9.84. The Morgan fingerprint density at radius 2 is 0.615 bits per heavy atom. The first-order valence-electron chi connectivity index (χ1n) is 21.6. The molecule has 0 N–H and O–H groups in total.